The van der Waals surface area contributed by atoms with Crippen LogP contribution in [0.4, 0.5) is 18.9 Å². The lowest BCUT2D eigenvalue weighted by Crippen LogP contribution is -2.32. The molecule has 0 aliphatic heterocycles. The van der Waals surface area contributed by atoms with Gasteiger partial charge in [0.2, 0.25) is 0 Å². The van der Waals surface area contributed by atoms with Gasteiger partial charge in [0.25, 0.3) is 0 Å². The van der Waals surface area contributed by atoms with Gasteiger partial charge in [0.05, 0.1) is 0 Å². The first-order chi connectivity index (χ1) is 9.03. The van der Waals surface area contributed by atoms with Crippen molar-refractivity contribution in [3.05, 3.63) is 29.8 Å². The van der Waals surface area contributed by atoms with Crippen molar-refractivity contribution in [2.45, 2.75) is 18.0 Å². The number of carboxylic acids is 1. The summed E-state index contributed by atoms with van der Waals surface area (Å²) < 4.78 is 59.4. The van der Waals surface area contributed by atoms with Crippen LogP contribution in [0, 0.1) is 0 Å². The second kappa shape index (κ2) is 5.67. The highest BCUT2D eigenvalue weighted by Gasteiger charge is 2.45. The predicted octanol–water partition coefficient (Wildman–Crippen LogP) is 0.903. The van der Waals surface area contributed by atoms with Crippen LogP contribution >= 0.6 is 0 Å². The fourth-order valence-electron chi connectivity index (χ4n) is 1.26. The minimum absolute atomic E-state index is 0.0262. The summed E-state index contributed by atoms with van der Waals surface area (Å²) in [4.78, 5) is 10.5. The minimum Gasteiger partial charge on any atom is -0.480 e. The second-order valence-corrected chi connectivity index (χ2v) is 5.57. The molecular weight excluding hydrogens is 301 g/mol. The fourth-order valence-corrected chi connectivity index (χ4v) is 1.83. The largest absolute Gasteiger partial charge is 0.516 e. The number of nitrogens with two attached hydrogens (primary N) is 1. The number of benzene rings is 1. The number of aliphatic carboxylic acids is 1. The Kier molecular flexibility index (Phi) is 4.61. The molecule has 10 heteroatoms. The van der Waals surface area contributed by atoms with E-state index in [4.69, 9.17) is 10.8 Å². The molecule has 1 aromatic carbocycles. The first kappa shape index (κ1) is 16.2. The summed E-state index contributed by atoms with van der Waals surface area (Å²) in [6.07, 6.45) is -0.0262. The predicted molar refractivity (Wildman–Crippen MR) is 64.4 cm³/mol. The highest BCUT2D eigenvalue weighted by molar-refractivity contribution is 7.93. The standard InChI is InChI=1S/C10H11F3N2O4S/c11-10(12,13)20(18,19)15-7-3-1-6(2-4-7)5-8(14)9(16)17/h1-4,8,15H,5,14H2,(H,16,17)/t8-/m0/s1. The molecule has 0 spiro atoms. The molecule has 1 atom stereocenters. The number of carboxylic acid groups (broad SMARTS) is 1. The van der Waals surface area contributed by atoms with Crippen LogP contribution in [-0.2, 0) is 21.2 Å². The molecule has 4 N–H and O–H groups in total. The Hall–Kier alpha value is -1.81. The van der Waals surface area contributed by atoms with E-state index >= 15 is 0 Å². The highest BCUT2D eigenvalue weighted by Crippen LogP contribution is 2.25. The van der Waals surface area contributed by atoms with Gasteiger partial charge in [-0.3, -0.25) is 9.52 Å². The van der Waals surface area contributed by atoms with Crippen LogP contribution in [0.25, 0.3) is 0 Å². The zero-order valence-electron chi connectivity index (χ0n) is 9.89. The first-order valence-electron chi connectivity index (χ1n) is 5.19. The van der Waals surface area contributed by atoms with Crippen molar-refractivity contribution >= 4 is 21.7 Å². The van der Waals surface area contributed by atoms with Crippen LogP contribution in [0.5, 0.6) is 0 Å². The second-order valence-electron chi connectivity index (χ2n) is 3.90. The summed E-state index contributed by atoms with van der Waals surface area (Å²) in [7, 11) is -5.47. The summed E-state index contributed by atoms with van der Waals surface area (Å²) in [6, 6.07) is 3.61. The van der Waals surface area contributed by atoms with Crippen LogP contribution in [-0.4, -0.2) is 31.0 Å². The number of hydrogen-bond acceptors (Lipinski definition) is 4. The van der Waals surface area contributed by atoms with Gasteiger partial charge in [-0.15, -0.1) is 0 Å². The maximum Gasteiger partial charge on any atom is 0.516 e. The summed E-state index contributed by atoms with van der Waals surface area (Å²) in [6.45, 7) is 0. The van der Waals surface area contributed by atoms with Crippen LogP contribution in [0.15, 0.2) is 24.3 Å². The van der Waals surface area contributed by atoms with E-state index < -0.39 is 27.5 Å². The molecular formula is C10H11F3N2O4S. The van der Waals surface area contributed by atoms with Gasteiger partial charge in [0.15, 0.2) is 0 Å². The van der Waals surface area contributed by atoms with Crippen LogP contribution in [0.2, 0.25) is 0 Å². The molecule has 1 rings (SSSR count). The third-order valence-electron chi connectivity index (χ3n) is 2.28. The summed E-state index contributed by atoms with van der Waals surface area (Å²) in [5.41, 5.74) is 0.0513. The molecule has 0 aliphatic carbocycles. The summed E-state index contributed by atoms with van der Waals surface area (Å²) in [5.74, 6) is -1.22. The van der Waals surface area contributed by atoms with E-state index in [0.717, 1.165) is 12.1 Å². The number of alkyl halides is 3. The summed E-state index contributed by atoms with van der Waals surface area (Å²) >= 11 is 0. The molecule has 0 aromatic heterocycles. The number of nitrogens with one attached hydrogen (secondary N) is 1. The molecule has 1 aromatic rings. The molecule has 0 aliphatic rings. The lowest BCUT2D eigenvalue weighted by atomic mass is 10.1. The Morgan fingerprint density at radius 3 is 2.20 bits per heavy atom. The Labute approximate surface area is 112 Å². The van der Waals surface area contributed by atoms with Crippen molar-refractivity contribution < 1.29 is 31.5 Å². The van der Waals surface area contributed by atoms with Gasteiger partial charge in [0.1, 0.15) is 6.04 Å². The molecule has 0 unspecified atom stereocenters. The maximum atomic E-state index is 12.1. The SMILES string of the molecule is N[C@@H](Cc1ccc(NS(=O)(=O)C(F)(F)F)cc1)C(=O)O. The van der Waals surface area contributed by atoms with Gasteiger partial charge in [-0.25, -0.2) is 0 Å². The van der Waals surface area contributed by atoms with E-state index in [-0.39, 0.29) is 12.1 Å². The number of carbonyl (C=O) groups is 1. The van der Waals surface area contributed by atoms with Crippen LogP contribution in [0.3, 0.4) is 0 Å². The Bertz CT molecular complexity index is 584. The first-order valence-corrected chi connectivity index (χ1v) is 6.67. The number of halogens is 3. The number of rotatable bonds is 5. The van der Waals surface area contributed by atoms with Gasteiger partial charge in [-0.05, 0) is 24.1 Å². The van der Waals surface area contributed by atoms with Gasteiger partial charge in [0, 0.05) is 5.69 Å². The number of hydrogen-bond donors (Lipinski definition) is 3. The average molecular weight is 312 g/mol. The van der Waals surface area contributed by atoms with Gasteiger partial charge in [-0.1, -0.05) is 12.1 Å². The van der Waals surface area contributed by atoms with Crippen molar-refractivity contribution in [1.29, 1.82) is 0 Å². The molecule has 0 heterocycles. The van der Waals surface area contributed by atoms with Crippen molar-refractivity contribution in [3.63, 3.8) is 0 Å². The zero-order valence-corrected chi connectivity index (χ0v) is 10.7. The lowest BCUT2D eigenvalue weighted by molar-refractivity contribution is -0.138. The maximum absolute atomic E-state index is 12.1. The number of anilines is 1. The minimum atomic E-state index is -5.47. The van der Waals surface area contributed by atoms with E-state index in [1.807, 2.05) is 0 Å². The van der Waals surface area contributed by atoms with Crippen LogP contribution in [0.1, 0.15) is 5.56 Å². The summed E-state index contributed by atoms with van der Waals surface area (Å²) in [5, 5.41) is 8.60. The monoisotopic (exact) mass is 312 g/mol. The molecule has 0 saturated carbocycles. The van der Waals surface area contributed by atoms with E-state index in [9.17, 15) is 26.4 Å². The quantitative estimate of drug-likeness (QED) is 0.748. The smallest absolute Gasteiger partial charge is 0.480 e. The van der Waals surface area contributed by atoms with Gasteiger partial charge < -0.3 is 10.8 Å². The van der Waals surface area contributed by atoms with Crippen LogP contribution < -0.4 is 10.5 Å². The third-order valence-corrected chi connectivity index (χ3v) is 3.40. The van der Waals surface area contributed by atoms with Crippen molar-refractivity contribution in [2.24, 2.45) is 5.73 Å². The molecule has 6 nitrogen and oxygen atoms in total. The highest BCUT2D eigenvalue weighted by atomic mass is 32.2. The average Bonchev–Trinajstić information content (AvgIpc) is 2.29. The van der Waals surface area contributed by atoms with E-state index in [2.05, 4.69) is 0 Å². The number of sulfonamides is 1. The van der Waals surface area contributed by atoms with E-state index in [1.165, 1.54) is 16.9 Å². The van der Waals surface area contributed by atoms with E-state index in [1.54, 1.807) is 0 Å². The molecule has 0 amide bonds. The lowest BCUT2D eigenvalue weighted by Gasteiger charge is -2.11. The van der Waals surface area contributed by atoms with E-state index in [0.29, 0.717) is 5.56 Å². The Morgan fingerprint density at radius 2 is 1.80 bits per heavy atom. The normalized spacial score (nSPS) is 13.8. The fraction of sp³-hybridized carbons (Fsp3) is 0.300. The zero-order chi connectivity index (χ0) is 15.6. The molecule has 0 bridgehead atoms. The molecule has 0 fully saturated rings. The Balaban J connectivity index is 2.80. The van der Waals surface area contributed by atoms with Crippen molar-refractivity contribution in [3.8, 4) is 0 Å². The van der Waals surface area contributed by atoms with Gasteiger partial charge >= 0.3 is 21.5 Å². The molecule has 112 valence electrons. The van der Waals surface area contributed by atoms with Gasteiger partial charge in [-0.2, -0.15) is 21.6 Å². The van der Waals surface area contributed by atoms with Crippen molar-refractivity contribution in [2.75, 3.05) is 4.72 Å². The van der Waals surface area contributed by atoms with Crippen molar-refractivity contribution in [1.82, 2.24) is 0 Å². The Morgan fingerprint density at radius 1 is 1.30 bits per heavy atom. The third kappa shape index (κ3) is 4.10. The molecule has 0 radical (unpaired) electrons. The molecule has 20 heavy (non-hydrogen) atoms. The topological polar surface area (TPSA) is 109 Å². The molecule has 0 saturated heterocycles.